The number of halogens is 2. The van der Waals surface area contributed by atoms with Crippen LogP contribution < -0.4 is 5.73 Å². The van der Waals surface area contributed by atoms with Crippen molar-refractivity contribution in [1.82, 2.24) is 9.78 Å². The van der Waals surface area contributed by atoms with Gasteiger partial charge in [-0.15, -0.1) is 11.8 Å². The summed E-state index contributed by atoms with van der Waals surface area (Å²) in [5.41, 5.74) is 5.93. The minimum atomic E-state index is -0.790. The van der Waals surface area contributed by atoms with E-state index in [1.165, 1.54) is 17.8 Å². The van der Waals surface area contributed by atoms with Gasteiger partial charge in [-0.2, -0.15) is 10.4 Å². The molecule has 0 fully saturated rings. The molecule has 0 atom stereocenters. The van der Waals surface area contributed by atoms with Gasteiger partial charge in [0.25, 0.3) is 0 Å². The lowest BCUT2D eigenvalue weighted by molar-refractivity contribution is 0.573. The van der Waals surface area contributed by atoms with Gasteiger partial charge in [-0.25, -0.2) is 13.5 Å². The van der Waals surface area contributed by atoms with Crippen molar-refractivity contribution in [3.8, 4) is 11.8 Å². The maximum atomic E-state index is 13.6. The van der Waals surface area contributed by atoms with Gasteiger partial charge in [0, 0.05) is 6.07 Å². The maximum Gasteiger partial charge on any atom is 0.151 e. The van der Waals surface area contributed by atoms with Gasteiger partial charge in [0.1, 0.15) is 34.0 Å². The molecular weight excluding hydrogens is 258 g/mol. The Kier molecular flexibility index (Phi) is 3.21. The fourth-order valence-electron chi connectivity index (χ4n) is 1.49. The minimum absolute atomic E-state index is 0.00528. The van der Waals surface area contributed by atoms with Gasteiger partial charge >= 0.3 is 0 Å². The van der Waals surface area contributed by atoms with Crippen LogP contribution in [0.15, 0.2) is 23.2 Å². The quantitative estimate of drug-likeness (QED) is 0.847. The van der Waals surface area contributed by atoms with Crippen LogP contribution in [-0.4, -0.2) is 16.0 Å². The third kappa shape index (κ3) is 1.91. The standard InChI is InChI=1S/C11H8F2N4S/c1-18-11-7(5-14)10(15)17(16-11)9-3-2-6(12)4-8(9)13/h2-4H,15H2,1H3. The molecule has 0 aliphatic heterocycles. The summed E-state index contributed by atoms with van der Waals surface area (Å²) in [6.45, 7) is 0. The number of anilines is 1. The molecule has 0 aliphatic rings. The lowest BCUT2D eigenvalue weighted by Crippen LogP contribution is -2.05. The molecule has 4 nitrogen and oxygen atoms in total. The van der Waals surface area contributed by atoms with Crippen molar-refractivity contribution in [2.45, 2.75) is 5.03 Å². The van der Waals surface area contributed by atoms with Crippen molar-refractivity contribution >= 4 is 17.6 Å². The van der Waals surface area contributed by atoms with Gasteiger partial charge in [0.05, 0.1) is 0 Å². The van der Waals surface area contributed by atoms with E-state index in [-0.39, 0.29) is 17.1 Å². The monoisotopic (exact) mass is 266 g/mol. The summed E-state index contributed by atoms with van der Waals surface area (Å²) in [4.78, 5) is 0. The third-order valence-electron chi connectivity index (χ3n) is 2.33. The minimum Gasteiger partial charge on any atom is -0.382 e. The first kappa shape index (κ1) is 12.4. The van der Waals surface area contributed by atoms with Crippen molar-refractivity contribution in [3.05, 3.63) is 35.4 Å². The van der Waals surface area contributed by atoms with Crippen LogP contribution in [0.3, 0.4) is 0 Å². The van der Waals surface area contributed by atoms with Crippen LogP contribution in [0.4, 0.5) is 14.6 Å². The molecule has 1 heterocycles. The number of aromatic nitrogens is 2. The predicted molar refractivity (Wildman–Crippen MR) is 64.4 cm³/mol. The Bertz CT molecular complexity index is 645. The highest BCUT2D eigenvalue weighted by molar-refractivity contribution is 7.98. The van der Waals surface area contributed by atoms with Gasteiger partial charge in [0.2, 0.25) is 0 Å². The molecule has 0 spiro atoms. The molecule has 18 heavy (non-hydrogen) atoms. The Morgan fingerprint density at radius 2 is 2.17 bits per heavy atom. The van der Waals surface area contributed by atoms with E-state index in [1.807, 2.05) is 6.07 Å². The smallest absolute Gasteiger partial charge is 0.151 e. The zero-order valence-electron chi connectivity index (χ0n) is 9.32. The summed E-state index contributed by atoms with van der Waals surface area (Å²) in [7, 11) is 0. The molecule has 1 aromatic heterocycles. The van der Waals surface area contributed by atoms with Crippen LogP contribution in [0.1, 0.15) is 5.56 Å². The third-order valence-corrected chi connectivity index (χ3v) is 3.00. The van der Waals surface area contributed by atoms with Crippen LogP contribution in [0.5, 0.6) is 0 Å². The first-order valence-electron chi connectivity index (χ1n) is 4.86. The largest absolute Gasteiger partial charge is 0.382 e. The highest BCUT2D eigenvalue weighted by Gasteiger charge is 2.18. The molecule has 0 bridgehead atoms. The fourth-order valence-corrected chi connectivity index (χ4v) is 2.01. The molecule has 2 rings (SSSR count). The Hall–Kier alpha value is -2.07. The lowest BCUT2D eigenvalue weighted by Gasteiger charge is -2.04. The van der Waals surface area contributed by atoms with E-state index in [1.54, 1.807) is 6.26 Å². The van der Waals surface area contributed by atoms with E-state index < -0.39 is 11.6 Å². The average molecular weight is 266 g/mol. The SMILES string of the molecule is CSc1nn(-c2ccc(F)cc2F)c(N)c1C#N. The number of hydrogen-bond donors (Lipinski definition) is 1. The molecule has 2 aromatic rings. The molecule has 0 amide bonds. The maximum absolute atomic E-state index is 13.6. The average Bonchev–Trinajstić information content (AvgIpc) is 2.66. The number of nitrogens with zero attached hydrogens (tertiary/aromatic N) is 3. The second kappa shape index (κ2) is 4.66. The number of nitriles is 1. The van der Waals surface area contributed by atoms with E-state index in [4.69, 9.17) is 11.0 Å². The summed E-state index contributed by atoms with van der Waals surface area (Å²) in [5, 5.41) is 13.4. The Morgan fingerprint density at radius 3 is 2.67 bits per heavy atom. The molecule has 0 saturated carbocycles. The summed E-state index contributed by atoms with van der Waals surface area (Å²) in [6.07, 6.45) is 1.73. The van der Waals surface area contributed by atoms with E-state index in [0.29, 0.717) is 5.03 Å². The van der Waals surface area contributed by atoms with Crippen LogP contribution in [0, 0.1) is 23.0 Å². The second-order valence-electron chi connectivity index (χ2n) is 3.39. The molecule has 7 heteroatoms. The number of rotatable bonds is 2. The fraction of sp³-hybridized carbons (Fsp3) is 0.0909. The number of benzene rings is 1. The van der Waals surface area contributed by atoms with Crippen LogP contribution in [-0.2, 0) is 0 Å². The molecule has 1 aromatic carbocycles. The van der Waals surface area contributed by atoms with Crippen LogP contribution in [0.2, 0.25) is 0 Å². The van der Waals surface area contributed by atoms with E-state index in [2.05, 4.69) is 5.10 Å². The molecular formula is C11H8F2N4S. The number of nitrogen functional groups attached to an aromatic ring is 1. The first-order chi connectivity index (χ1) is 8.58. The van der Waals surface area contributed by atoms with E-state index in [9.17, 15) is 8.78 Å². The summed E-state index contributed by atoms with van der Waals surface area (Å²) >= 11 is 1.23. The van der Waals surface area contributed by atoms with Gasteiger partial charge in [-0.05, 0) is 18.4 Å². The summed E-state index contributed by atoms with van der Waals surface area (Å²) in [5.74, 6) is -1.44. The van der Waals surface area contributed by atoms with Crippen molar-refractivity contribution in [2.24, 2.45) is 0 Å². The summed E-state index contributed by atoms with van der Waals surface area (Å²) in [6, 6.07) is 4.97. The van der Waals surface area contributed by atoms with Gasteiger partial charge < -0.3 is 5.73 Å². The highest BCUT2D eigenvalue weighted by atomic mass is 32.2. The second-order valence-corrected chi connectivity index (χ2v) is 4.18. The first-order valence-corrected chi connectivity index (χ1v) is 6.09. The number of nitrogens with two attached hydrogens (primary N) is 1. The topological polar surface area (TPSA) is 67.6 Å². The lowest BCUT2D eigenvalue weighted by atomic mass is 10.3. The van der Waals surface area contributed by atoms with Gasteiger partial charge in [-0.1, -0.05) is 0 Å². The molecule has 0 saturated heterocycles. The molecule has 0 unspecified atom stereocenters. The zero-order chi connectivity index (χ0) is 13.3. The van der Waals surface area contributed by atoms with Crippen molar-refractivity contribution < 1.29 is 8.78 Å². The Balaban J connectivity index is 2.65. The molecule has 2 N–H and O–H groups in total. The normalized spacial score (nSPS) is 10.3. The van der Waals surface area contributed by atoms with Crippen molar-refractivity contribution in [2.75, 3.05) is 12.0 Å². The zero-order valence-corrected chi connectivity index (χ0v) is 10.1. The Morgan fingerprint density at radius 1 is 1.44 bits per heavy atom. The van der Waals surface area contributed by atoms with Crippen molar-refractivity contribution in [1.29, 1.82) is 5.26 Å². The Labute approximate surface area is 106 Å². The van der Waals surface area contributed by atoms with Gasteiger partial charge in [-0.3, -0.25) is 0 Å². The van der Waals surface area contributed by atoms with Crippen LogP contribution in [0.25, 0.3) is 5.69 Å². The van der Waals surface area contributed by atoms with Crippen LogP contribution >= 0.6 is 11.8 Å². The van der Waals surface area contributed by atoms with Crippen molar-refractivity contribution in [3.63, 3.8) is 0 Å². The summed E-state index contributed by atoms with van der Waals surface area (Å²) < 4.78 is 27.5. The van der Waals surface area contributed by atoms with Gasteiger partial charge in [0.15, 0.2) is 5.82 Å². The van der Waals surface area contributed by atoms with E-state index >= 15 is 0 Å². The predicted octanol–water partition coefficient (Wildman–Crippen LogP) is 2.33. The number of thioether (sulfide) groups is 1. The molecule has 0 aliphatic carbocycles. The number of hydrogen-bond acceptors (Lipinski definition) is 4. The molecule has 92 valence electrons. The van der Waals surface area contributed by atoms with E-state index in [0.717, 1.165) is 16.8 Å². The highest BCUT2D eigenvalue weighted by Crippen LogP contribution is 2.27. The molecule has 0 radical (unpaired) electrons.